The molecule has 0 aromatic heterocycles. The van der Waals surface area contributed by atoms with E-state index in [1.54, 1.807) is 12.0 Å². The first-order chi connectivity index (χ1) is 8.84. The van der Waals surface area contributed by atoms with Crippen molar-refractivity contribution in [3.63, 3.8) is 0 Å². The van der Waals surface area contributed by atoms with Gasteiger partial charge in [0.1, 0.15) is 0 Å². The standard InChI is InChI=1S/C12H20ClNO4S/c1-18-9-12(3-2-4-12)8-14-6-10(5-11(14)15)7-19(13,16)17/h10H,2-9H2,1H3. The van der Waals surface area contributed by atoms with Gasteiger partial charge in [-0.25, -0.2) is 8.42 Å². The van der Waals surface area contributed by atoms with Gasteiger partial charge in [0.15, 0.2) is 0 Å². The van der Waals surface area contributed by atoms with Gasteiger partial charge in [0.05, 0.1) is 12.4 Å². The quantitative estimate of drug-likeness (QED) is 0.692. The smallest absolute Gasteiger partial charge is 0.232 e. The molecule has 2 fully saturated rings. The van der Waals surface area contributed by atoms with Gasteiger partial charge in [-0.05, 0) is 12.8 Å². The van der Waals surface area contributed by atoms with Crippen molar-refractivity contribution in [3.05, 3.63) is 0 Å². The van der Waals surface area contributed by atoms with E-state index >= 15 is 0 Å². The fourth-order valence-electron chi connectivity index (χ4n) is 3.14. The summed E-state index contributed by atoms with van der Waals surface area (Å²) >= 11 is 0. The molecule has 0 spiro atoms. The van der Waals surface area contributed by atoms with Gasteiger partial charge in [-0.3, -0.25) is 4.79 Å². The first-order valence-electron chi connectivity index (χ1n) is 6.53. The number of nitrogens with zero attached hydrogens (tertiary/aromatic N) is 1. The summed E-state index contributed by atoms with van der Waals surface area (Å²) in [5, 5.41) is 0. The summed E-state index contributed by atoms with van der Waals surface area (Å²) in [7, 11) is 3.40. The molecule has 0 radical (unpaired) electrons. The van der Waals surface area contributed by atoms with Crippen molar-refractivity contribution in [1.82, 2.24) is 4.90 Å². The van der Waals surface area contributed by atoms with Crippen LogP contribution in [0.2, 0.25) is 0 Å². The Bertz CT molecular complexity index is 447. The summed E-state index contributed by atoms with van der Waals surface area (Å²) in [5.74, 6) is -0.254. The summed E-state index contributed by atoms with van der Waals surface area (Å²) in [5.41, 5.74) is 0.0825. The van der Waals surface area contributed by atoms with Crippen LogP contribution in [-0.4, -0.2) is 51.8 Å². The van der Waals surface area contributed by atoms with Crippen LogP contribution in [0.3, 0.4) is 0 Å². The monoisotopic (exact) mass is 309 g/mol. The topological polar surface area (TPSA) is 63.7 Å². The highest BCUT2D eigenvalue weighted by molar-refractivity contribution is 8.13. The molecular weight excluding hydrogens is 290 g/mol. The normalized spacial score (nSPS) is 26.5. The molecule has 0 bridgehead atoms. The molecule has 0 aromatic carbocycles. The van der Waals surface area contributed by atoms with Gasteiger partial charge < -0.3 is 9.64 Å². The van der Waals surface area contributed by atoms with Gasteiger partial charge in [0.25, 0.3) is 0 Å². The molecule has 2 rings (SSSR count). The minimum Gasteiger partial charge on any atom is -0.384 e. The minimum atomic E-state index is -3.53. The summed E-state index contributed by atoms with van der Waals surface area (Å²) in [6, 6.07) is 0. The number of likely N-dealkylation sites (tertiary alicyclic amines) is 1. The lowest BCUT2D eigenvalue weighted by atomic mass is 9.69. The van der Waals surface area contributed by atoms with Crippen LogP contribution >= 0.6 is 10.7 Å². The molecule has 0 aromatic rings. The van der Waals surface area contributed by atoms with Crippen molar-refractivity contribution < 1.29 is 17.9 Å². The molecule has 1 heterocycles. The summed E-state index contributed by atoms with van der Waals surface area (Å²) in [4.78, 5) is 13.7. The third-order valence-electron chi connectivity index (χ3n) is 4.12. The van der Waals surface area contributed by atoms with Crippen molar-refractivity contribution in [2.45, 2.75) is 25.7 Å². The number of methoxy groups -OCH3 is 1. The van der Waals surface area contributed by atoms with E-state index in [4.69, 9.17) is 15.4 Å². The minimum absolute atomic E-state index is 0.0349. The molecule has 5 nitrogen and oxygen atoms in total. The van der Waals surface area contributed by atoms with Crippen LogP contribution in [0.15, 0.2) is 0 Å². The third-order valence-corrected chi connectivity index (χ3v) is 5.37. The Hall–Kier alpha value is -0.330. The fraction of sp³-hybridized carbons (Fsp3) is 0.917. The van der Waals surface area contributed by atoms with E-state index in [-0.39, 0.29) is 29.4 Å². The molecule has 1 aliphatic carbocycles. The van der Waals surface area contributed by atoms with Gasteiger partial charge in [0.2, 0.25) is 15.0 Å². The molecular formula is C12H20ClNO4S. The predicted molar refractivity (Wildman–Crippen MR) is 72.5 cm³/mol. The zero-order chi connectivity index (χ0) is 14.1. The first kappa shape index (κ1) is 15.1. The lowest BCUT2D eigenvalue weighted by Gasteiger charge is -2.43. The molecule has 2 aliphatic rings. The third kappa shape index (κ3) is 3.83. The number of hydrogen-bond donors (Lipinski definition) is 0. The Morgan fingerprint density at radius 1 is 1.47 bits per heavy atom. The van der Waals surface area contributed by atoms with Gasteiger partial charge >= 0.3 is 0 Å². The van der Waals surface area contributed by atoms with E-state index in [2.05, 4.69) is 0 Å². The Morgan fingerprint density at radius 3 is 2.63 bits per heavy atom. The van der Waals surface area contributed by atoms with Crippen molar-refractivity contribution in [3.8, 4) is 0 Å². The molecule has 110 valence electrons. The van der Waals surface area contributed by atoms with E-state index in [1.165, 1.54) is 6.42 Å². The summed E-state index contributed by atoms with van der Waals surface area (Å²) in [6.07, 6.45) is 3.60. The molecule has 1 saturated carbocycles. The average Bonchev–Trinajstić information content (AvgIpc) is 2.53. The maximum atomic E-state index is 11.9. The molecule has 1 unspecified atom stereocenters. The fourth-order valence-corrected chi connectivity index (χ4v) is 4.46. The number of carbonyl (C=O) groups is 1. The van der Waals surface area contributed by atoms with E-state index in [9.17, 15) is 13.2 Å². The first-order valence-corrected chi connectivity index (χ1v) is 9.00. The number of halogens is 1. The van der Waals surface area contributed by atoms with Crippen LogP contribution in [-0.2, 0) is 18.6 Å². The van der Waals surface area contributed by atoms with Crippen LogP contribution in [0.5, 0.6) is 0 Å². The number of amides is 1. The maximum Gasteiger partial charge on any atom is 0.232 e. The highest BCUT2D eigenvalue weighted by atomic mass is 35.7. The molecule has 1 saturated heterocycles. The number of ether oxygens (including phenoxy) is 1. The van der Waals surface area contributed by atoms with E-state index < -0.39 is 9.05 Å². The lowest BCUT2D eigenvalue weighted by Crippen LogP contribution is -2.45. The van der Waals surface area contributed by atoms with Crippen LogP contribution in [0.1, 0.15) is 25.7 Å². The van der Waals surface area contributed by atoms with Crippen molar-refractivity contribution in [2.24, 2.45) is 11.3 Å². The van der Waals surface area contributed by atoms with Gasteiger partial charge in [-0.15, -0.1) is 0 Å². The molecule has 7 heteroatoms. The van der Waals surface area contributed by atoms with Crippen molar-refractivity contribution in [1.29, 1.82) is 0 Å². The van der Waals surface area contributed by atoms with Crippen molar-refractivity contribution in [2.75, 3.05) is 32.6 Å². The Kier molecular flexibility index (Phi) is 4.42. The van der Waals surface area contributed by atoms with E-state index in [1.807, 2.05) is 0 Å². The largest absolute Gasteiger partial charge is 0.384 e. The lowest BCUT2D eigenvalue weighted by molar-refractivity contribution is -0.131. The Balaban J connectivity index is 1.93. The molecule has 0 N–H and O–H groups in total. The molecule has 19 heavy (non-hydrogen) atoms. The van der Waals surface area contributed by atoms with Gasteiger partial charge in [-0.1, -0.05) is 6.42 Å². The zero-order valence-corrected chi connectivity index (χ0v) is 12.7. The van der Waals surface area contributed by atoms with Crippen LogP contribution < -0.4 is 0 Å². The molecule has 1 atom stereocenters. The maximum absolute atomic E-state index is 11.9. The number of hydrogen-bond acceptors (Lipinski definition) is 4. The second-order valence-electron chi connectivity index (χ2n) is 5.84. The molecule has 1 aliphatic heterocycles. The van der Waals surface area contributed by atoms with Crippen LogP contribution in [0.25, 0.3) is 0 Å². The average molecular weight is 310 g/mol. The number of rotatable bonds is 6. The predicted octanol–water partition coefficient (Wildman–Crippen LogP) is 1.22. The van der Waals surface area contributed by atoms with Crippen LogP contribution in [0, 0.1) is 11.3 Å². The summed E-state index contributed by atoms with van der Waals surface area (Å²) in [6.45, 7) is 1.84. The van der Waals surface area contributed by atoms with E-state index in [0.29, 0.717) is 19.7 Å². The Labute approximate surface area is 118 Å². The van der Waals surface area contributed by atoms with Crippen molar-refractivity contribution >= 4 is 25.6 Å². The SMILES string of the molecule is COCC1(CN2CC(CS(=O)(=O)Cl)CC2=O)CCC1. The Morgan fingerprint density at radius 2 is 2.16 bits per heavy atom. The number of carbonyl (C=O) groups excluding carboxylic acids is 1. The van der Waals surface area contributed by atoms with Crippen LogP contribution in [0.4, 0.5) is 0 Å². The second-order valence-corrected chi connectivity index (χ2v) is 8.66. The highest BCUT2D eigenvalue weighted by Gasteiger charge is 2.42. The van der Waals surface area contributed by atoms with Gasteiger partial charge in [0, 0.05) is 48.6 Å². The summed E-state index contributed by atoms with van der Waals surface area (Å²) < 4.78 is 27.4. The second kappa shape index (κ2) is 5.58. The van der Waals surface area contributed by atoms with E-state index in [0.717, 1.165) is 12.8 Å². The molecule has 1 amide bonds. The van der Waals surface area contributed by atoms with Gasteiger partial charge in [-0.2, -0.15) is 0 Å². The highest BCUT2D eigenvalue weighted by Crippen LogP contribution is 2.42. The zero-order valence-electron chi connectivity index (χ0n) is 11.1.